The summed E-state index contributed by atoms with van der Waals surface area (Å²) in [6.45, 7) is 9.84. The van der Waals surface area contributed by atoms with E-state index in [0.717, 1.165) is 5.47 Å². The van der Waals surface area contributed by atoms with Gasteiger partial charge in [-0.15, -0.1) is 0 Å². The quantitative estimate of drug-likeness (QED) is 0.664. The highest BCUT2D eigenvalue weighted by atomic mass is 19.1. The van der Waals surface area contributed by atoms with Crippen molar-refractivity contribution in [2.24, 2.45) is 0 Å². The van der Waals surface area contributed by atoms with Crippen molar-refractivity contribution in [3.63, 3.8) is 0 Å². The van der Waals surface area contributed by atoms with Gasteiger partial charge in [0, 0.05) is 17.7 Å². The molecule has 6 heteroatoms. The van der Waals surface area contributed by atoms with Crippen molar-refractivity contribution in [1.82, 2.24) is 5.32 Å². The Labute approximate surface area is 143 Å². The van der Waals surface area contributed by atoms with E-state index < -0.39 is 18.3 Å². The minimum Gasteiger partial charge on any atom is -0.400 e. The van der Waals surface area contributed by atoms with Crippen LogP contribution >= 0.6 is 0 Å². The lowest BCUT2D eigenvalue weighted by Crippen LogP contribution is -2.41. The van der Waals surface area contributed by atoms with Crippen LogP contribution in [0.2, 0.25) is 0 Å². The van der Waals surface area contributed by atoms with Gasteiger partial charge in [-0.1, -0.05) is 6.08 Å². The van der Waals surface area contributed by atoms with Gasteiger partial charge in [0.05, 0.1) is 11.2 Å². The van der Waals surface area contributed by atoms with Crippen LogP contribution in [0.1, 0.15) is 50.5 Å². The maximum absolute atomic E-state index is 14.2. The number of carbonyl (C=O) groups excluding carboxylic acids is 1. The fraction of sp³-hybridized carbons (Fsp3) is 0.500. The summed E-state index contributed by atoms with van der Waals surface area (Å²) in [7, 11) is 1.24. The Hall–Kier alpha value is -1.50. The highest BCUT2D eigenvalue weighted by Crippen LogP contribution is 2.38. The number of halogens is 1. The Morgan fingerprint density at radius 2 is 1.83 bits per heavy atom. The maximum Gasteiger partial charge on any atom is 0.491 e. The molecule has 4 nitrogen and oxygen atoms in total. The van der Waals surface area contributed by atoms with Crippen molar-refractivity contribution < 1.29 is 18.5 Å². The summed E-state index contributed by atoms with van der Waals surface area (Å²) in [4.78, 5) is 11.5. The van der Waals surface area contributed by atoms with E-state index in [4.69, 9.17) is 9.31 Å². The molecule has 1 saturated heterocycles. The van der Waals surface area contributed by atoms with Gasteiger partial charge in [-0.3, -0.25) is 4.79 Å². The summed E-state index contributed by atoms with van der Waals surface area (Å²) in [6, 6.07) is 4.35. The number of hydrogen-bond donors (Lipinski definition) is 1. The Morgan fingerprint density at radius 3 is 2.33 bits per heavy atom. The van der Waals surface area contributed by atoms with Gasteiger partial charge in [0.1, 0.15) is 5.82 Å². The highest BCUT2D eigenvalue weighted by Gasteiger charge is 2.52. The van der Waals surface area contributed by atoms with E-state index in [0.29, 0.717) is 17.7 Å². The van der Waals surface area contributed by atoms with Crippen molar-refractivity contribution in [3.05, 3.63) is 40.6 Å². The monoisotopic (exact) mass is 333 g/mol. The van der Waals surface area contributed by atoms with Gasteiger partial charge in [0.2, 0.25) is 0 Å². The van der Waals surface area contributed by atoms with Crippen LogP contribution in [0.3, 0.4) is 0 Å². The first-order chi connectivity index (χ1) is 11.1. The second kappa shape index (κ2) is 6.79. The third kappa shape index (κ3) is 3.77. The molecule has 1 aromatic carbocycles. The standard InChI is InChI=1S/C18H25BFNO3/c1-12(22)13-7-8-16(20)14(9-13)10-15(11-21-6)19-23-17(2,3)18(4,5)24-19/h7-10,21H,11H2,1-6H3. The number of ketones is 1. The summed E-state index contributed by atoms with van der Waals surface area (Å²) in [6.07, 6.45) is 1.69. The van der Waals surface area contributed by atoms with Crippen LogP contribution in [0, 0.1) is 5.82 Å². The van der Waals surface area contributed by atoms with Gasteiger partial charge >= 0.3 is 7.12 Å². The van der Waals surface area contributed by atoms with Crippen LogP contribution in [0.4, 0.5) is 4.39 Å². The molecule has 0 aromatic heterocycles. The van der Waals surface area contributed by atoms with Gasteiger partial charge < -0.3 is 14.6 Å². The van der Waals surface area contributed by atoms with Crippen LogP contribution < -0.4 is 5.32 Å². The number of rotatable bonds is 5. The zero-order valence-corrected chi connectivity index (χ0v) is 15.2. The Morgan fingerprint density at radius 1 is 1.25 bits per heavy atom. The molecule has 1 aliphatic heterocycles. The second-order valence-electron chi connectivity index (χ2n) is 7.13. The summed E-state index contributed by atoms with van der Waals surface area (Å²) in [5, 5.41) is 3.06. The lowest BCUT2D eigenvalue weighted by atomic mass is 9.77. The lowest BCUT2D eigenvalue weighted by molar-refractivity contribution is 0.00578. The largest absolute Gasteiger partial charge is 0.491 e. The molecule has 0 amide bonds. The Bertz CT molecular complexity index is 654. The molecule has 0 saturated carbocycles. The number of carbonyl (C=O) groups is 1. The number of benzene rings is 1. The van der Waals surface area contributed by atoms with Gasteiger partial charge in [0.25, 0.3) is 0 Å². The maximum atomic E-state index is 14.2. The van der Waals surface area contributed by atoms with E-state index in [9.17, 15) is 9.18 Å². The molecule has 1 N–H and O–H groups in total. The molecule has 24 heavy (non-hydrogen) atoms. The summed E-state index contributed by atoms with van der Waals surface area (Å²) in [5.41, 5.74) is 0.660. The fourth-order valence-electron chi connectivity index (χ4n) is 2.47. The number of likely N-dealkylation sites (N-methyl/N-ethyl adjacent to an activating group) is 1. The molecule has 2 rings (SSSR count). The molecular weight excluding hydrogens is 308 g/mol. The average Bonchev–Trinajstić information content (AvgIpc) is 2.68. The molecule has 1 aliphatic rings. The zero-order chi connectivity index (χ0) is 18.1. The van der Waals surface area contributed by atoms with Crippen LogP contribution in [0.5, 0.6) is 0 Å². The molecule has 0 atom stereocenters. The highest BCUT2D eigenvalue weighted by molar-refractivity contribution is 6.55. The van der Waals surface area contributed by atoms with Crippen LogP contribution in [0.25, 0.3) is 6.08 Å². The normalized spacial score (nSPS) is 19.6. The molecule has 0 radical (unpaired) electrons. The second-order valence-corrected chi connectivity index (χ2v) is 7.13. The van der Waals surface area contributed by atoms with E-state index in [1.165, 1.54) is 19.1 Å². The van der Waals surface area contributed by atoms with Crippen molar-refractivity contribution in [2.75, 3.05) is 13.6 Å². The van der Waals surface area contributed by atoms with Gasteiger partial charge in [0.15, 0.2) is 5.78 Å². The Balaban J connectivity index is 2.40. The van der Waals surface area contributed by atoms with Gasteiger partial charge in [-0.25, -0.2) is 4.39 Å². The predicted octanol–water partition coefficient (Wildman–Crippen LogP) is 3.26. The van der Waals surface area contributed by atoms with E-state index in [-0.39, 0.29) is 11.6 Å². The first-order valence-electron chi connectivity index (χ1n) is 8.08. The molecule has 0 aliphatic carbocycles. The minimum atomic E-state index is -0.567. The van der Waals surface area contributed by atoms with E-state index in [2.05, 4.69) is 5.32 Å². The van der Waals surface area contributed by atoms with Crippen LogP contribution in [-0.4, -0.2) is 37.7 Å². The molecule has 1 aromatic rings. The summed E-state index contributed by atoms with van der Waals surface area (Å²) >= 11 is 0. The molecule has 1 fully saturated rings. The number of hydrogen-bond acceptors (Lipinski definition) is 4. The lowest BCUT2D eigenvalue weighted by Gasteiger charge is -2.32. The van der Waals surface area contributed by atoms with Gasteiger partial charge in [-0.2, -0.15) is 0 Å². The van der Waals surface area contributed by atoms with Gasteiger partial charge in [-0.05, 0) is 65.3 Å². The molecule has 0 bridgehead atoms. The smallest absolute Gasteiger partial charge is 0.400 e. The van der Waals surface area contributed by atoms with Crippen molar-refractivity contribution >= 4 is 19.0 Å². The molecule has 1 heterocycles. The molecular formula is C18H25BFNO3. The van der Waals surface area contributed by atoms with Crippen molar-refractivity contribution in [3.8, 4) is 0 Å². The van der Waals surface area contributed by atoms with Crippen molar-refractivity contribution in [2.45, 2.75) is 45.8 Å². The van der Waals surface area contributed by atoms with E-state index in [1.54, 1.807) is 19.2 Å². The van der Waals surface area contributed by atoms with Crippen LogP contribution in [-0.2, 0) is 9.31 Å². The number of nitrogens with one attached hydrogen (secondary N) is 1. The fourth-order valence-corrected chi connectivity index (χ4v) is 2.47. The zero-order valence-electron chi connectivity index (χ0n) is 15.2. The summed E-state index contributed by atoms with van der Waals surface area (Å²) < 4.78 is 26.3. The average molecular weight is 333 g/mol. The molecule has 130 valence electrons. The molecule has 0 unspecified atom stereocenters. The Kier molecular flexibility index (Phi) is 5.33. The third-order valence-corrected chi connectivity index (χ3v) is 4.68. The predicted molar refractivity (Wildman–Crippen MR) is 94.4 cm³/mol. The summed E-state index contributed by atoms with van der Waals surface area (Å²) in [5.74, 6) is -0.486. The first-order valence-corrected chi connectivity index (χ1v) is 8.08. The SMILES string of the molecule is CNCC(=Cc1cc(C(C)=O)ccc1F)B1OC(C)(C)C(C)(C)O1. The number of Topliss-reactive ketones (excluding diaryl/α,β-unsaturated/α-hetero) is 1. The van der Waals surface area contributed by atoms with Crippen LogP contribution in [0.15, 0.2) is 23.7 Å². The van der Waals surface area contributed by atoms with Crippen molar-refractivity contribution in [1.29, 1.82) is 0 Å². The van der Waals surface area contributed by atoms with E-state index in [1.807, 2.05) is 27.7 Å². The third-order valence-electron chi connectivity index (χ3n) is 4.68. The minimum absolute atomic E-state index is 0.101. The topological polar surface area (TPSA) is 47.6 Å². The first kappa shape index (κ1) is 18.8. The molecule has 0 spiro atoms. The van der Waals surface area contributed by atoms with E-state index >= 15 is 0 Å².